The first-order chi connectivity index (χ1) is 14.0. The van der Waals surface area contributed by atoms with Gasteiger partial charge in [0.2, 0.25) is 0 Å². The zero-order valence-electron chi connectivity index (χ0n) is 15.7. The van der Waals surface area contributed by atoms with E-state index in [0.717, 1.165) is 5.56 Å². The Morgan fingerprint density at radius 3 is 2.52 bits per heavy atom. The molecule has 0 aliphatic carbocycles. The number of carbonyl (C=O) groups is 1. The van der Waals surface area contributed by atoms with Crippen molar-refractivity contribution in [2.75, 3.05) is 0 Å². The van der Waals surface area contributed by atoms with Gasteiger partial charge in [-0.15, -0.1) is 0 Å². The van der Waals surface area contributed by atoms with Crippen molar-refractivity contribution in [1.82, 2.24) is 5.43 Å². The van der Waals surface area contributed by atoms with E-state index < -0.39 is 10.8 Å². The van der Waals surface area contributed by atoms with E-state index in [0.29, 0.717) is 23.5 Å². The SMILES string of the molecule is Cc1ccc(COc2ccc(C(=O)N/N=C\c3cccc([N+](=O)[O-])c3)cc2)cc1. The highest BCUT2D eigenvalue weighted by atomic mass is 16.6. The Labute approximate surface area is 167 Å². The van der Waals surface area contributed by atoms with Crippen LogP contribution in [0.25, 0.3) is 0 Å². The van der Waals surface area contributed by atoms with Gasteiger partial charge < -0.3 is 4.74 Å². The molecule has 0 fully saturated rings. The Balaban J connectivity index is 1.54. The minimum absolute atomic E-state index is 0.0403. The number of hydrogen-bond acceptors (Lipinski definition) is 5. The average molecular weight is 389 g/mol. The number of rotatable bonds is 7. The van der Waals surface area contributed by atoms with Crippen LogP contribution in [0.1, 0.15) is 27.0 Å². The van der Waals surface area contributed by atoms with Gasteiger partial charge in [-0.1, -0.05) is 42.0 Å². The van der Waals surface area contributed by atoms with E-state index in [1.165, 1.54) is 23.9 Å². The molecule has 0 aliphatic rings. The lowest BCUT2D eigenvalue weighted by molar-refractivity contribution is -0.384. The third kappa shape index (κ3) is 5.74. The van der Waals surface area contributed by atoms with Crippen molar-refractivity contribution in [3.8, 4) is 5.75 Å². The summed E-state index contributed by atoms with van der Waals surface area (Å²) in [7, 11) is 0. The molecule has 0 spiro atoms. The largest absolute Gasteiger partial charge is 0.489 e. The van der Waals surface area contributed by atoms with Crippen molar-refractivity contribution in [2.24, 2.45) is 5.10 Å². The van der Waals surface area contributed by atoms with E-state index in [-0.39, 0.29) is 5.69 Å². The number of amides is 1. The molecule has 1 amide bonds. The van der Waals surface area contributed by atoms with Crippen LogP contribution in [-0.2, 0) is 6.61 Å². The summed E-state index contributed by atoms with van der Waals surface area (Å²) in [5, 5.41) is 14.6. The van der Waals surface area contributed by atoms with Crippen molar-refractivity contribution in [2.45, 2.75) is 13.5 Å². The number of hydrazone groups is 1. The Bertz CT molecular complexity index is 1030. The molecular weight excluding hydrogens is 370 g/mol. The van der Waals surface area contributed by atoms with E-state index >= 15 is 0 Å². The van der Waals surface area contributed by atoms with Gasteiger partial charge in [0.15, 0.2) is 0 Å². The molecule has 0 aromatic heterocycles. The fourth-order valence-corrected chi connectivity index (χ4v) is 2.50. The second-order valence-corrected chi connectivity index (χ2v) is 6.35. The van der Waals surface area contributed by atoms with Gasteiger partial charge in [-0.05, 0) is 36.8 Å². The number of carbonyl (C=O) groups excluding carboxylic acids is 1. The number of nitrogens with one attached hydrogen (secondary N) is 1. The molecule has 3 aromatic rings. The maximum Gasteiger partial charge on any atom is 0.271 e. The summed E-state index contributed by atoms with van der Waals surface area (Å²) < 4.78 is 5.72. The lowest BCUT2D eigenvalue weighted by Gasteiger charge is -2.07. The third-order valence-electron chi connectivity index (χ3n) is 4.10. The first-order valence-corrected chi connectivity index (χ1v) is 8.87. The van der Waals surface area contributed by atoms with Crippen molar-refractivity contribution in [1.29, 1.82) is 0 Å². The average Bonchev–Trinajstić information content (AvgIpc) is 2.74. The summed E-state index contributed by atoms with van der Waals surface area (Å²) in [6, 6.07) is 20.8. The zero-order valence-corrected chi connectivity index (χ0v) is 15.7. The van der Waals surface area contributed by atoms with Crippen molar-refractivity contribution in [3.63, 3.8) is 0 Å². The summed E-state index contributed by atoms with van der Waals surface area (Å²) in [4.78, 5) is 22.4. The molecule has 29 heavy (non-hydrogen) atoms. The molecule has 3 rings (SSSR count). The molecule has 0 saturated heterocycles. The minimum atomic E-state index is -0.488. The number of aryl methyl sites for hydroxylation is 1. The highest BCUT2D eigenvalue weighted by molar-refractivity contribution is 5.95. The predicted octanol–water partition coefficient (Wildman–Crippen LogP) is 4.25. The van der Waals surface area contributed by atoms with Crippen LogP contribution in [0.3, 0.4) is 0 Å². The molecule has 0 radical (unpaired) electrons. The first-order valence-electron chi connectivity index (χ1n) is 8.87. The van der Waals surface area contributed by atoms with E-state index in [1.54, 1.807) is 36.4 Å². The van der Waals surface area contributed by atoms with Crippen molar-refractivity contribution >= 4 is 17.8 Å². The maximum atomic E-state index is 12.2. The summed E-state index contributed by atoms with van der Waals surface area (Å²) in [6.45, 7) is 2.47. The molecule has 0 heterocycles. The number of ether oxygens (including phenoxy) is 1. The number of nitrogens with zero attached hydrogens (tertiary/aromatic N) is 2. The lowest BCUT2D eigenvalue weighted by Crippen LogP contribution is -2.17. The number of nitro groups is 1. The summed E-state index contributed by atoms with van der Waals surface area (Å²) in [5.74, 6) is 0.263. The molecule has 7 nitrogen and oxygen atoms in total. The van der Waals surface area contributed by atoms with Gasteiger partial charge in [0, 0.05) is 23.3 Å². The molecule has 3 aromatic carbocycles. The standard InChI is InChI=1S/C22H19N3O4/c1-16-5-7-17(8-6-16)15-29-21-11-9-19(10-12-21)22(26)24-23-14-18-3-2-4-20(13-18)25(27)28/h2-14H,15H2,1H3,(H,24,26)/b23-14-. The van der Waals surface area contributed by atoms with Crippen LogP contribution in [0.2, 0.25) is 0 Å². The molecule has 0 saturated carbocycles. The van der Waals surface area contributed by atoms with Crippen LogP contribution in [0.15, 0.2) is 77.9 Å². The van der Waals surface area contributed by atoms with E-state index in [4.69, 9.17) is 4.74 Å². The van der Waals surface area contributed by atoms with Gasteiger partial charge in [0.1, 0.15) is 12.4 Å². The van der Waals surface area contributed by atoms with Gasteiger partial charge >= 0.3 is 0 Å². The summed E-state index contributed by atoms with van der Waals surface area (Å²) >= 11 is 0. The van der Waals surface area contributed by atoms with Crippen LogP contribution < -0.4 is 10.2 Å². The Hall–Kier alpha value is -4.00. The smallest absolute Gasteiger partial charge is 0.271 e. The monoisotopic (exact) mass is 389 g/mol. The fraction of sp³-hybridized carbons (Fsp3) is 0.0909. The van der Waals surface area contributed by atoms with Crippen LogP contribution >= 0.6 is 0 Å². The van der Waals surface area contributed by atoms with Gasteiger partial charge in [0.25, 0.3) is 11.6 Å². The quantitative estimate of drug-likeness (QED) is 0.371. The lowest BCUT2D eigenvalue weighted by atomic mass is 10.2. The molecule has 0 aliphatic heterocycles. The topological polar surface area (TPSA) is 93.8 Å². The molecular formula is C22H19N3O4. The number of hydrogen-bond donors (Lipinski definition) is 1. The molecule has 1 N–H and O–H groups in total. The normalized spacial score (nSPS) is 10.7. The predicted molar refractivity (Wildman–Crippen MR) is 110 cm³/mol. The summed E-state index contributed by atoms with van der Waals surface area (Å²) in [5.41, 5.74) is 5.55. The second-order valence-electron chi connectivity index (χ2n) is 6.35. The van der Waals surface area contributed by atoms with Gasteiger partial charge in [-0.25, -0.2) is 5.43 Å². The van der Waals surface area contributed by atoms with Crippen LogP contribution in [0.4, 0.5) is 5.69 Å². The van der Waals surface area contributed by atoms with Crippen molar-refractivity contribution in [3.05, 3.63) is 105 Å². The Kier molecular flexibility index (Phi) is 6.32. The zero-order chi connectivity index (χ0) is 20.6. The van der Waals surface area contributed by atoms with Gasteiger partial charge in [-0.3, -0.25) is 14.9 Å². The fourth-order valence-electron chi connectivity index (χ4n) is 2.50. The number of benzene rings is 3. The van der Waals surface area contributed by atoms with E-state index in [1.807, 2.05) is 31.2 Å². The molecule has 0 unspecified atom stereocenters. The maximum absolute atomic E-state index is 12.2. The number of non-ortho nitro benzene ring substituents is 1. The van der Waals surface area contributed by atoms with E-state index in [2.05, 4.69) is 10.5 Å². The number of nitro benzene ring substituents is 1. The first kappa shape index (κ1) is 19.8. The van der Waals surface area contributed by atoms with Crippen LogP contribution in [0.5, 0.6) is 5.75 Å². The minimum Gasteiger partial charge on any atom is -0.489 e. The molecule has 0 atom stereocenters. The Morgan fingerprint density at radius 1 is 1.10 bits per heavy atom. The molecule has 7 heteroatoms. The van der Waals surface area contributed by atoms with E-state index in [9.17, 15) is 14.9 Å². The second kappa shape index (κ2) is 9.27. The van der Waals surface area contributed by atoms with Crippen molar-refractivity contribution < 1.29 is 14.5 Å². The molecule has 146 valence electrons. The highest BCUT2D eigenvalue weighted by Crippen LogP contribution is 2.15. The van der Waals surface area contributed by atoms with Crippen LogP contribution in [-0.4, -0.2) is 17.0 Å². The van der Waals surface area contributed by atoms with Gasteiger partial charge in [-0.2, -0.15) is 5.10 Å². The van der Waals surface area contributed by atoms with Crippen LogP contribution in [0, 0.1) is 17.0 Å². The Morgan fingerprint density at radius 2 is 1.83 bits per heavy atom. The van der Waals surface area contributed by atoms with Gasteiger partial charge in [0.05, 0.1) is 11.1 Å². The molecule has 0 bridgehead atoms. The third-order valence-corrected chi connectivity index (χ3v) is 4.10. The summed E-state index contributed by atoms with van der Waals surface area (Å²) in [6.07, 6.45) is 1.35. The highest BCUT2D eigenvalue weighted by Gasteiger charge is 2.06.